The van der Waals surface area contributed by atoms with Crippen molar-refractivity contribution >= 4 is 39.3 Å². The molecule has 3 rings (SSSR count). The Balaban J connectivity index is 1.81. The maximum absolute atomic E-state index is 13.0. The Kier molecular flexibility index (Phi) is 6.25. The number of nitrogens with zero attached hydrogens (tertiary/aromatic N) is 3. The van der Waals surface area contributed by atoms with Gasteiger partial charge in [0.15, 0.2) is 5.82 Å². The van der Waals surface area contributed by atoms with Crippen molar-refractivity contribution in [3.63, 3.8) is 0 Å². The number of primary amides is 1. The molecule has 2 amide bonds. The van der Waals surface area contributed by atoms with Crippen molar-refractivity contribution in [2.45, 2.75) is 31.2 Å². The zero-order chi connectivity index (χ0) is 21.2. The second-order valence-corrected chi connectivity index (χ2v) is 9.39. The van der Waals surface area contributed by atoms with Crippen LogP contribution in [0.15, 0.2) is 35.4 Å². The molecule has 1 saturated heterocycles. The predicted octanol–water partition coefficient (Wildman–Crippen LogP) is 1.69. The van der Waals surface area contributed by atoms with E-state index in [1.54, 1.807) is 0 Å². The Bertz CT molecular complexity index is 1040. The third kappa shape index (κ3) is 4.95. The van der Waals surface area contributed by atoms with Gasteiger partial charge in [-0.25, -0.2) is 8.42 Å². The van der Waals surface area contributed by atoms with Crippen LogP contribution in [0.5, 0.6) is 0 Å². The summed E-state index contributed by atoms with van der Waals surface area (Å²) in [7, 11) is -3.81. The quantitative estimate of drug-likeness (QED) is 0.707. The first-order valence-corrected chi connectivity index (χ1v) is 10.9. The van der Waals surface area contributed by atoms with E-state index >= 15 is 0 Å². The number of benzene rings is 1. The minimum absolute atomic E-state index is 0.0607. The number of carbonyl (C=O) groups is 2. The van der Waals surface area contributed by atoms with Gasteiger partial charge in [-0.2, -0.15) is 9.40 Å². The van der Waals surface area contributed by atoms with E-state index in [1.165, 1.54) is 39.4 Å². The highest BCUT2D eigenvalue weighted by atomic mass is 35.5. The van der Waals surface area contributed by atoms with Crippen LogP contribution in [-0.4, -0.2) is 47.4 Å². The first-order valence-electron chi connectivity index (χ1n) is 9.09. The fourth-order valence-corrected chi connectivity index (χ4v) is 5.31. The minimum Gasteiger partial charge on any atom is -0.368 e. The standard InChI is InChI=1S/C18H22ClN5O4S/c1-12-3-2-7-24(10-12)29(27,28)15-9-13(4-5-14(15)19)18(26)21-17-6-8-23(22-17)11-16(20)25/h4-6,8-9,12H,2-3,7,10-11H2,1H3,(H2,20,25)(H,21,22,26)/t12-/m1/s1. The normalized spacial score (nSPS) is 17.8. The van der Waals surface area contributed by atoms with Crippen LogP contribution < -0.4 is 11.1 Å². The van der Waals surface area contributed by atoms with Gasteiger partial charge in [0.05, 0.1) is 5.02 Å². The molecule has 9 nitrogen and oxygen atoms in total. The summed E-state index contributed by atoms with van der Waals surface area (Å²) in [6.45, 7) is 2.74. The number of hydrogen-bond acceptors (Lipinski definition) is 5. The van der Waals surface area contributed by atoms with Crippen molar-refractivity contribution < 1.29 is 18.0 Å². The average molecular weight is 440 g/mol. The molecule has 11 heteroatoms. The molecule has 1 aliphatic heterocycles. The molecule has 1 aliphatic rings. The Morgan fingerprint density at radius 3 is 2.79 bits per heavy atom. The van der Waals surface area contributed by atoms with Gasteiger partial charge >= 0.3 is 0 Å². The number of nitrogens with two attached hydrogens (primary N) is 1. The molecule has 2 aromatic rings. The fraction of sp³-hybridized carbons (Fsp3) is 0.389. The summed E-state index contributed by atoms with van der Waals surface area (Å²) in [6, 6.07) is 5.61. The molecule has 0 saturated carbocycles. The van der Waals surface area contributed by atoms with Crippen molar-refractivity contribution in [1.29, 1.82) is 0 Å². The van der Waals surface area contributed by atoms with E-state index in [4.69, 9.17) is 17.3 Å². The molecule has 0 aliphatic carbocycles. The van der Waals surface area contributed by atoms with Crippen LogP contribution in [0.1, 0.15) is 30.1 Å². The van der Waals surface area contributed by atoms with Gasteiger partial charge in [-0.1, -0.05) is 18.5 Å². The first-order chi connectivity index (χ1) is 13.7. The number of aromatic nitrogens is 2. The summed E-state index contributed by atoms with van der Waals surface area (Å²) < 4.78 is 28.8. The number of piperidine rings is 1. The van der Waals surface area contributed by atoms with Crippen LogP contribution in [0, 0.1) is 5.92 Å². The van der Waals surface area contributed by atoms with Crippen LogP contribution in [0.25, 0.3) is 0 Å². The van der Waals surface area contributed by atoms with Gasteiger partial charge in [-0.3, -0.25) is 14.3 Å². The van der Waals surface area contributed by atoms with E-state index in [0.717, 1.165) is 12.8 Å². The zero-order valence-electron chi connectivity index (χ0n) is 15.8. The smallest absolute Gasteiger partial charge is 0.256 e. The van der Waals surface area contributed by atoms with Crippen LogP contribution in [0.2, 0.25) is 5.02 Å². The molecule has 1 atom stereocenters. The summed E-state index contributed by atoms with van der Waals surface area (Å²) in [6.07, 6.45) is 3.26. The molecular formula is C18H22ClN5O4S. The predicted molar refractivity (Wildman–Crippen MR) is 108 cm³/mol. The number of sulfonamides is 1. The molecule has 1 aromatic heterocycles. The maximum Gasteiger partial charge on any atom is 0.256 e. The summed E-state index contributed by atoms with van der Waals surface area (Å²) in [4.78, 5) is 23.4. The van der Waals surface area contributed by atoms with Gasteiger partial charge in [0, 0.05) is 30.9 Å². The third-order valence-electron chi connectivity index (χ3n) is 4.63. The zero-order valence-corrected chi connectivity index (χ0v) is 17.4. The highest BCUT2D eigenvalue weighted by molar-refractivity contribution is 7.89. The van der Waals surface area contributed by atoms with Crippen molar-refractivity contribution in [2.24, 2.45) is 11.7 Å². The van der Waals surface area contributed by atoms with Crippen molar-refractivity contribution in [3.8, 4) is 0 Å². The number of nitrogens with one attached hydrogen (secondary N) is 1. The van der Waals surface area contributed by atoms with Gasteiger partial charge in [-0.15, -0.1) is 0 Å². The maximum atomic E-state index is 13.0. The summed E-state index contributed by atoms with van der Waals surface area (Å²) in [5.41, 5.74) is 5.23. The number of hydrogen-bond donors (Lipinski definition) is 2. The molecule has 3 N–H and O–H groups in total. The molecule has 0 bridgehead atoms. The molecule has 156 valence electrons. The Hall–Kier alpha value is -2.43. The Morgan fingerprint density at radius 2 is 2.10 bits per heavy atom. The van der Waals surface area contributed by atoms with Gasteiger partial charge in [0.25, 0.3) is 5.91 Å². The summed E-state index contributed by atoms with van der Waals surface area (Å²) >= 11 is 6.16. The van der Waals surface area contributed by atoms with Crippen LogP contribution in [0.4, 0.5) is 5.82 Å². The monoisotopic (exact) mass is 439 g/mol. The van der Waals surface area contributed by atoms with E-state index in [9.17, 15) is 18.0 Å². The van der Waals surface area contributed by atoms with Gasteiger partial charge in [-0.05, 0) is 37.0 Å². The van der Waals surface area contributed by atoms with E-state index in [2.05, 4.69) is 10.4 Å². The number of amides is 2. The van der Waals surface area contributed by atoms with E-state index < -0.39 is 21.8 Å². The minimum atomic E-state index is -3.81. The molecular weight excluding hydrogens is 418 g/mol. The molecule has 1 fully saturated rings. The topological polar surface area (TPSA) is 127 Å². The summed E-state index contributed by atoms with van der Waals surface area (Å²) in [5, 5.41) is 6.64. The van der Waals surface area contributed by atoms with Crippen LogP contribution in [0.3, 0.4) is 0 Å². The second-order valence-electron chi connectivity index (χ2n) is 7.07. The van der Waals surface area contributed by atoms with Gasteiger partial charge in [0.2, 0.25) is 15.9 Å². The van der Waals surface area contributed by atoms with Gasteiger partial charge < -0.3 is 11.1 Å². The fourth-order valence-electron chi connectivity index (χ4n) is 3.21. The van der Waals surface area contributed by atoms with Crippen molar-refractivity contribution in [3.05, 3.63) is 41.0 Å². The molecule has 0 unspecified atom stereocenters. The number of halogens is 1. The Labute approximate surface area is 173 Å². The highest BCUT2D eigenvalue weighted by Gasteiger charge is 2.31. The average Bonchev–Trinajstić information content (AvgIpc) is 3.07. The van der Waals surface area contributed by atoms with Crippen LogP contribution >= 0.6 is 11.6 Å². The van der Waals surface area contributed by atoms with Crippen LogP contribution in [-0.2, 0) is 21.4 Å². The van der Waals surface area contributed by atoms with Crippen molar-refractivity contribution in [2.75, 3.05) is 18.4 Å². The number of carbonyl (C=O) groups excluding carboxylic acids is 2. The molecule has 0 radical (unpaired) electrons. The van der Waals surface area contributed by atoms with Crippen molar-refractivity contribution in [1.82, 2.24) is 14.1 Å². The summed E-state index contributed by atoms with van der Waals surface area (Å²) in [5.74, 6) is -0.639. The molecule has 0 spiro atoms. The lowest BCUT2D eigenvalue weighted by molar-refractivity contribution is -0.118. The lowest BCUT2D eigenvalue weighted by Gasteiger charge is -2.30. The largest absolute Gasteiger partial charge is 0.368 e. The second kappa shape index (κ2) is 8.52. The van der Waals surface area contributed by atoms with Gasteiger partial charge in [0.1, 0.15) is 11.4 Å². The SMILES string of the molecule is C[C@@H]1CCCN(S(=O)(=O)c2cc(C(=O)Nc3ccn(CC(N)=O)n3)ccc2Cl)C1. The number of rotatable bonds is 6. The van der Waals surface area contributed by atoms with E-state index in [-0.39, 0.29) is 33.8 Å². The molecule has 1 aromatic carbocycles. The Morgan fingerprint density at radius 1 is 1.34 bits per heavy atom. The molecule has 2 heterocycles. The highest BCUT2D eigenvalue weighted by Crippen LogP contribution is 2.29. The molecule has 29 heavy (non-hydrogen) atoms. The van der Waals surface area contributed by atoms with E-state index in [1.807, 2.05) is 6.92 Å². The lowest BCUT2D eigenvalue weighted by Crippen LogP contribution is -2.39. The van der Waals surface area contributed by atoms with E-state index in [0.29, 0.717) is 13.1 Å². The first kappa shape index (κ1) is 21.3. The lowest BCUT2D eigenvalue weighted by atomic mass is 10.0. The number of anilines is 1. The third-order valence-corrected chi connectivity index (χ3v) is 6.98.